The van der Waals surface area contributed by atoms with Crippen LogP contribution in [0.5, 0.6) is 0 Å². The van der Waals surface area contributed by atoms with Crippen LogP contribution in [-0.2, 0) is 13.1 Å². The van der Waals surface area contributed by atoms with Crippen molar-refractivity contribution in [3.63, 3.8) is 0 Å². The van der Waals surface area contributed by atoms with Crippen LogP contribution in [0.25, 0.3) is 11.0 Å². The predicted octanol–water partition coefficient (Wildman–Crippen LogP) is 2.22. The number of nitrogens with zero attached hydrogens (tertiary/aromatic N) is 2. The van der Waals surface area contributed by atoms with Crippen LogP contribution in [0.2, 0.25) is 0 Å². The number of H-pyrrole nitrogens is 1. The Balaban J connectivity index is 1.76. The van der Waals surface area contributed by atoms with Gasteiger partial charge in [-0.2, -0.15) is 0 Å². The van der Waals surface area contributed by atoms with Crippen molar-refractivity contribution in [1.82, 2.24) is 20.2 Å². The minimum absolute atomic E-state index is 0.0904. The second-order valence-corrected chi connectivity index (χ2v) is 6.62. The van der Waals surface area contributed by atoms with Crippen molar-refractivity contribution in [2.24, 2.45) is 0 Å². The Hall–Kier alpha value is -2.99. The lowest BCUT2D eigenvalue weighted by Crippen LogP contribution is -2.28. The van der Waals surface area contributed by atoms with Gasteiger partial charge in [-0.05, 0) is 44.3 Å². The molecule has 6 nitrogen and oxygen atoms in total. The summed E-state index contributed by atoms with van der Waals surface area (Å²) < 4.78 is 0. The summed E-state index contributed by atoms with van der Waals surface area (Å²) in [7, 11) is 4.02. The standard InChI is InChI=1S/C20H22N4O2/c1-13-7-8-16-18(25)17(11-21-19(16)23-13)20(26)22-10-14-5-4-6-15(9-14)12-24(2)3/h4-9,11H,10,12H2,1-3H3,(H,22,26)(H,21,23,25). The fraction of sp³-hybridized carbons (Fsp3) is 0.250. The maximum absolute atomic E-state index is 12.5. The molecule has 2 aromatic heterocycles. The van der Waals surface area contributed by atoms with Crippen molar-refractivity contribution in [2.45, 2.75) is 20.0 Å². The van der Waals surface area contributed by atoms with Crippen molar-refractivity contribution in [3.8, 4) is 0 Å². The third-order valence-corrected chi connectivity index (χ3v) is 4.06. The predicted molar refractivity (Wildman–Crippen MR) is 102 cm³/mol. The number of amides is 1. The molecular formula is C20H22N4O2. The van der Waals surface area contributed by atoms with E-state index in [1.54, 1.807) is 12.1 Å². The first kappa shape index (κ1) is 17.8. The highest BCUT2D eigenvalue weighted by molar-refractivity contribution is 5.96. The first-order chi connectivity index (χ1) is 12.4. The van der Waals surface area contributed by atoms with Crippen LogP contribution in [-0.4, -0.2) is 34.9 Å². The molecule has 26 heavy (non-hydrogen) atoms. The number of pyridine rings is 2. The average molecular weight is 350 g/mol. The molecule has 0 aliphatic heterocycles. The summed E-state index contributed by atoms with van der Waals surface area (Å²) in [4.78, 5) is 34.3. The smallest absolute Gasteiger partial charge is 0.257 e. The number of aromatic amines is 1. The van der Waals surface area contributed by atoms with Crippen LogP contribution >= 0.6 is 0 Å². The molecule has 3 rings (SSSR count). The fourth-order valence-electron chi connectivity index (χ4n) is 2.85. The second kappa shape index (κ2) is 7.49. The number of hydrogen-bond donors (Lipinski definition) is 2. The van der Waals surface area contributed by atoms with Crippen LogP contribution in [0.4, 0.5) is 0 Å². The van der Waals surface area contributed by atoms with Gasteiger partial charge in [0.15, 0.2) is 0 Å². The van der Waals surface area contributed by atoms with Gasteiger partial charge in [0.25, 0.3) is 5.91 Å². The van der Waals surface area contributed by atoms with Gasteiger partial charge in [-0.15, -0.1) is 0 Å². The Morgan fingerprint density at radius 2 is 1.96 bits per heavy atom. The third-order valence-electron chi connectivity index (χ3n) is 4.06. The molecule has 2 heterocycles. The summed E-state index contributed by atoms with van der Waals surface area (Å²) in [6, 6.07) is 11.5. The second-order valence-electron chi connectivity index (χ2n) is 6.62. The maximum atomic E-state index is 12.5. The monoisotopic (exact) mass is 350 g/mol. The molecule has 0 saturated heterocycles. The Morgan fingerprint density at radius 3 is 2.73 bits per heavy atom. The van der Waals surface area contributed by atoms with Gasteiger partial charge < -0.3 is 15.2 Å². The molecular weight excluding hydrogens is 328 g/mol. The van der Waals surface area contributed by atoms with Crippen LogP contribution in [0.15, 0.2) is 47.4 Å². The number of hydrogen-bond acceptors (Lipinski definition) is 4. The van der Waals surface area contributed by atoms with Gasteiger partial charge in [-0.3, -0.25) is 9.59 Å². The quantitative estimate of drug-likeness (QED) is 0.740. The van der Waals surface area contributed by atoms with E-state index in [1.165, 1.54) is 11.8 Å². The number of carbonyl (C=O) groups is 1. The molecule has 2 N–H and O–H groups in total. The third kappa shape index (κ3) is 3.97. The van der Waals surface area contributed by atoms with Crippen LogP contribution in [0.1, 0.15) is 27.2 Å². The van der Waals surface area contributed by atoms with Gasteiger partial charge in [0.05, 0.1) is 5.39 Å². The number of carbonyl (C=O) groups excluding carboxylic acids is 1. The highest BCUT2D eigenvalue weighted by atomic mass is 16.2. The van der Waals surface area contributed by atoms with E-state index in [-0.39, 0.29) is 11.0 Å². The molecule has 0 bridgehead atoms. The van der Waals surface area contributed by atoms with E-state index in [2.05, 4.69) is 26.3 Å². The van der Waals surface area contributed by atoms with E-state index >= 15 is 0 Å². The number of aryl methyl sites for hydroxylation is 1. The Labute approximate surface area is 151 Å². The Bertz CT molecular complexity index is 1010. The van der Waals surface area contributed by atoms with E-state index in [9.17, 15) is 9.59 Å². The zero-order chi connectivity index (χ0) is 18.7. The number of aromatic nitrogens is 2. The molecule has 0 unspecified atom stereocenters. The molecule has 1 amide bonds. The molecule has 0 aliphatic carbocycles. The van der Waals surface area contributed by atoms with E-state index in [0.717, 1.165) is 17.8 Å². The minimum Gasteiger partial charge on any atom is -0.348 e. The van der Waals surface area contributed by atoms with Crippen molar-refractivity contribution in [3.05, 3.63) is 75.2 Å². The molecule has 0 spiro atoms. The zero-order valence-corrected chi connectivity index (χ0v) is 15.2. The minimum atomic E-state index is -0.397. The molecule has 0 fully saturated rings. The van der Waals surface area contributed by atoms with Crippen molar-refractivity contribution >= 4 is 16.9 Å². The highest BCUT2D eigenvalue weighted by Crippen LogP contribution is 2.09. The van der Waals surface area contributed by atoms with Crippen molar-refractivity contribution in [2.75, 3.05) is 14.1 Å². The summed E-state index contributed by atoms with van der Waals surface area (Å²) in [5.41, 5.74) is 3.24. The fourth-order valence-corrected chi connectivity index (χ4v) is 2.85. The molecule has 0 radical (unpaired) electrons. The van der Waals surface area contributed by atoms with Crippen molar-refractivity contribution in [1.29, 1.82) is 0 Å². The van der Waals surface area contributed by atoms with Gasteiger partial charge >= 0.3 is 0 Å². The summed E-state index contributed by atoms with van der Waals surface area (Å²) in [5, 5.41) is 3.23. The highest BCUT2D eigenvalue weighted by Gasteiger charge is 2.13. The number of rotatable bonds is 5. The van der Waals surface area contributed by atoms with E-state index in [0.29, 0.717) is 17.6 Å². The van der Waals surface area contributed by atoms with Crippen LogP contribution in [0, 0.1) is 6.92 Å². The summed E-state index contributed by atoms with van der Waals surface area (Å²) in [6.07, 6.45) is 1.43. The normalized spacial score (nSPS) is 11.1. The molecule has 6 heteroatoms. The molecule has 3 aromatic rings. The van der Waals surface area contributed by atoms with Gasteiger partial charge in [-0.1, -0.05) is 24.3 Å². The summed E-state index contributed by atoms with van der Waals surface area (Å²) in [5.74, 6) is -0.397. The molecule has 134 valence electrons. The first-order valence-electron chi connectivity index (χ1n) is 8.44. The number of nitrogens with one attached hydrogen (secondary N) is 2. The molecule has 0 aliphatic rings. The maximum Gasteiger partial charge on any atom is 0.257 e. The Kier molecular flexibility index (Phi) is 5.14. The van der Waals surface area contributed by atoms with Crippen LogP contribution < -0.4 is 10.7 Å². The lowest BCUT2D eigenvalue weighted by atomic mass is 10.1. The van der Waals surface area contributed by atoms with Gasteiger partial charge in [0, 0.05) is 25.0 Å². The molecule has 0 saturated carbocycles. The average Bonchev–Trinajstić information content (AvgIpc) is 2.59. The molecule has 0 atom stereocenters. The van der Waals surface area contributed by atoms with Crippen molar-refractivity contribution < 1.29 is 4.79 Å². The van der Waals surface area contributed by atoms with Crippen LogP contribution in [0.3, 0.4) is 0 Å². The largest absolute Gasteiger partial charge is 0.348 e. The summed E-state index contributed by atoms with van der Waals surface area (Å²) in [6.45, 7) is 3.05. The first-order valence-corrected chi connectivity index (χ1v) is 8.44. The number of benzene rings is 1. The SMILES string of the molecule is Cc1ccc2c(=O)c(C(=O)NCc3cccc(CN(C)C)c3)c[nH]c2n1. The summed E-state index contributed by atoms with van der Waals surface area (Å²) >= 11 is 0. The van der Waals surface area contributed by atoms with E-state index in [1.807, 2.05) is 39.2 Å². The zero-order valence-electron chi connectivity index (χ0n) is 15.2. The topological polar surface area (TPSA) is 78.1 Å². The Morgan fingerprint density at radius 1 is 1.19 bits per heavy atom. The molecule has 1 aromatic carbocycles. The van der Waals surface area contributed by atoms with E-state index < -0.39 is 5.91 Å². The number of fused-ring (bicyclic) bond motifs is 1. The van der Waals surface area contributed by atoms with E-state index in [4.69, 9.17) is 0 Å². The van der Waals surface area contributed by atoms with Gasteiger partial charge in [0.1, 0.15) is 11.2 Å². The van der Waals surface area contributed by atoms with Gasteiger partial charge in [0.2, 0.25) is 5.43 Å². The lowest BCUT2D eigenvalue weighted by molar-refractivity contribution is 0.0949. The van der Waals surface area contributed by atoms with Gasteiger partial charge in [-0.25, -0.2) is 4.98 Å². The lowest BCUT2D eigenvalue weighted by Gasteiger charge is -2.11.